The first-order valence-corrected chi connectivity index (χ1v) is 6.47. The van der Waals surface area contributed by atoms with E-state index in [1.807, 2.05) is 0 Å². The highest BCUT2D eigenvalue weighted by Crippen LogP contribution is 2.25. The van der Waals surface area contributed by atoms with Crippen molar-refractivity contribution in [3.8, 4) is 11.8 Å². The zero-order valence-corrected chi connectivity index (χ0v) is 10.7. The number of carbonyl (C=O) groups excluding carboxylic acids is 1. The number of nitrogens with two attached hydrogens (primary N) is 1. The third kappa shape index (κ3) is 3.55. The first-order valence-electron chi connectivity index (χ1n) is 6.47. The average Bonchev–Trinajstić information content (AvgIpc) is 2.35. The average molecular weight is 260 g/mol. The second-order valence-corrected chi connectivity index (χ2v) is 4.71. The molecule has 0 heterocycles. The molecule has 4 heteroatoms. The van der Waals surface area contributed by atoms with Gasteiger partial charge in [0.2, 0.25) is 0 Å². The van der Waals surface area contributed by atoms with E-state index >= 15 is 0 Å². The van der Waals surface area contributed by atoms with E-state index in [0.717, 1.165) is 0 Å². The van der Waals surface area contributed by atoms with Crippen molar-refractivity contribution in [1.29, 1.82) is 0 Å². The molecule has 100 valence electrons. The molecule has 1 aromatic rings. The van der Waals surface area contributed by atoms with Crippen LogP contribution < -0.4 is 11.1 Å². The summed E-state index contributed by atoms with van der Waals surface area (Å²) in [6.45, 7) is 0.859. The zero-order valence-electron chi connectivity index (χ0n) is 10.7. The maximum absolute atomic E-state index is 13.7. The molecule has 1 saturated carbocycles. The van der Waals surface area contributed by atoms with Crippen molar-refractivity contribution < 1.29 is 9.18 Å². The van der Waals surface area contributed by atoms with E-state index in [9.17, 15) is 9.18 Å². The highest BCUT2D eigenvalue weighted by molar-refractivity contribution is 5.94. The van der Waals surface area contributed by atoms with Gasteiger partial charge in [-0.05, 0) is 37.0 Å². The molecule has 3 N–H and O–H groups in total. The summed E-state index contributed by atoms with van der Waals surface area (Å²) in [5, 5.41) is 2.83. The number of nitrogens with one attached hydrogen (secondary N) is 1. The molecule has 1 fully saturated rings. The van der Waals surface area contributed by atoms with E-state index in [1.165, 1.54) is 31.4 Å². The van der Waals surface area contributed by atoms with Gasteiger partial charge in [-0.25, -0.2) is 4.39 Å². The van der Waals surface area contributed by atoms with Gasteiger partial charge in [0.1, 0.15) is 5.82 Å². The lowest BCUT2D eigenvalue weighted by Crippen LogP contribution is -2.32. The predicted octanol–water partition coefficient (Wildman–Crippen LogP) is 1.67. The quantitative estimate of drug-likeness (QED) is 0.812. The standard InChI is InChI=1S/C15H17FN2O/c16-14-9-13(7-6-12(14)5-2-8-17)15(19)18-10-11-3-1-4-11/h6-7,9,11H,1,3-4,8,10,17H2,(H,18,19). The zero-order chi connectivity index (χ0) is 13.7. The Morgan fingerprint density at radius 1 is 1.47 bits per heavy atom. The molecule has 0 radical (unpaired) electrons. The van der Waals surface area contributed by atoms with E-state index in [4.69, 9.17) is 5.73 Å². The highest BCUT2D eigenvalue weighted by Gasteiger charge is 2.18. The third-order valence-electron chi connectivity index (χ3n) is 3.33. The highest BCUT2D eigenvalue weighted by atomic mass is 19.1. The summed E-state index contributed by atoms with van der Waals surface area (Å²) in [5.41, 5.74) is 5.82. The molecule has 3 nitrogen and oxygen atoms in total. The van der Waals surface area contributed by atoms with Crippen molar-refractivity contribution in [2.45, 2.75) is 19.3 Å². The van der Waals surface area contributed by atoms with Gasteiger partial charge < -0.3 is 11.1 Å². The number of carbonyl (C=O) groups is 1. The molecule has 1 aliphatic rings. The molecule has 0 unspecified atom stereocenters. The summed E-state index contributed by atoms with van der Waals surface area (Å²) in [6, 6.07) is 4.31. The van der Waals surface area contributed by atoms with Crippen LogP contribution in [0.4, 0.5) is 4.39 Å². The van der Waals surface area contributed by atoms with Gasteiger partial charge in [-0.15, -0.1) is 0 Å². The Labute approximate surface area is 112 Å². The van der Waals surface area contributed by atoms with Crippen molar-refractivity contribution in [3.05, 3.63) is 35.1 Å². The van der Waals surface area contributed by atoms with Gasteiger partial charge >= 0.3 is 0 Å². The molecular weight excluding hydrogens is 243 g/mol. The van der Waals surface area contributed by atoms with Crippen LogP contribution >= 0.6 is 0 Å². The van der Waals surface area contributed by atoms with Crippen LogP contribution in [-0.4, -0.2) is 19.0 Å². The summed E-state index contributed by atoms with van der Waals surface area (Å²) < 4.78 is 13.7. The van der Waals surface area contributed by atoms with Gasteiger partial charge in [0.25, 0.3) is 5.91 Å². The van der Waals surface area contributed by atoms with Crippen LogP contribution in [0, 0.1) is 23.6 Å². The van der Waals surface area contributed by atoms with Gasteiger partial charge in [0.15, 0.2) is 0 Å². The molecule has 0 atom stereocenters. The lowest BCUT2D eigenvalue weighted by Gasteiger charge is -2.25. The van der Waals surface area contributed by atoms with E-state index in [1.54, 1.807) is 6.07 Å². The maximum atomic E-state index is 13.7. The summed E-state index contributed by atoms with van der Waals surface area (Å²) in [6.07, 6.45) is 3.58. The molecule has 0 aromatic heterocycles. The molecule has 1 aliphatic carbocycles. The molecule has 0 bridgehead atoms. The number of hydrogen-bond acceptors (Lipinski definition) is 2. The number of hydrogen-bond donors (Lipinski definition) is 2. The normalized spacial score (nSPS) is 14.2. The molecular formula is C15H17FN2O. The Balaban J connectivity index is 1.99. The third-order valence-corrected chi connectivity index (χ3v) is 3.33. The Morgan fingerprint density at radius 2 is 2.26 bits per heavy atom. The van der Waals surface area contributed by atoms with E-state index in [2.05, 4.69) is 17.2 Å². The van der Waals surface area contributed by atoms with Crippen LogP contribution in [0.5, 0.6) is 0 Å². The lowest BCUT2D eigenvalue weighted by molar-refractivity contribution is 0.0938. The molecule has 19 heavy (non-hydrogen) atoms. The number of rotatable bonds is 3. The number of halogens is 1. The van der Waals surface area contributed by atoms with Gasteiger partial charge in [0.05, 0.1) is 12.1 Å². The van der Waals surface area contributed by atoms with Crippen molar-refractivity contribution in [2.24, 2.45) is 11.7 Å². The largest absolute Gasteiger partial charge is 0.352 e. The smallest absolute Gasteiger partial charge is 0.251 e. The number of benzene rings is 1. The lowest BCUT2D eigenvalue weighted by atomic mass is 9.85. The number of amides is 1. The van der Waals surface area contributed by atoms with E-state index in [0.29, 0.717) is 18.0 Å². The molecule has 0 spiro atoms. The van der Waals surface area contributed by atoms with E-state index < -0.39 is 5.82 Å². The van der Waals surface area contributed by atoms with Crippen LogP contribution in [0.2, 0.25) is 0 Å². The van der Waals surface area contributed by atoms with Gasteiger partial charge in [-0.3, -0.25) is 4.79 Å². The van der Waals surface area contributed by atoms with Crippen molar-refractivity contribution >= 4 is 5.91 Å². The Bertz CT molecular complexity index is 527. The minimum Gasteiger partial charge on any atom is -0.352 e. The fourth-order valence-corrected chi connectivity index (χ4v) is 1.94. The summed E-state index contributed by atoms with van der Waals surface area (Å²) in [4.78, 5) is 11.8. The first-order chi connectivity index (χ1) is 9.20. The van der Waals surface area contributed by atoms with Gasteiger partial charge in [0, 0.05) is 12.1 Å². The summed E-state index contributed by atoms with van der Waals surface area (Å²) in [7, 11) is 0. The Kier molecular flexibility index (Phi) is 4.53. The van der Waals surface area contributed by atoms with Crippen LogP contribution in [0.15, 0.2) is 18.2 Å². The fraction of sp³-hybridized carbons (Fsp3) is 0.400. The fourth-order valence-electron chi connectivity index (χ4n) is 1.94. The van der Waals surface area contributed by atoms with Crippen molar-refractivity contribution in [1.82, 2.24) is 5.32 Å². The van der Waals surface area contributed by atoms with Crippen LogP contribution in [0.3, 0.4) is 0 Å². The summed E-state index contributed by atoms with van der Waals surface area (Å²) >= 11 is 0. The predicted molar refractivity (Wildman–Crippen MR) is 72.0 cm³/mol. The maximum Gasteiger partial charge on any atom is 0.251 e. The SMILES string of the molecule is NCC#Cc1ccc(C(=O)NCC2CCC2)cc1F. The monoisotopic (exact) mass is 260 g/mol. The minimum absolute atomic E-state index is 0.184. The van der Waals surface area contributed by atoms with Gasteiger partial charge in [-0.1, -0.05) is 18.3 Å². The summed E-state index contributed by atoms with van der Waals surface area (Å²) in [5.74, 6) is 5.08. The molecule has 1 amide bonds. The molecule has 2 rings (SSSR count). The second-order valence-electron chi connectivity index (χ2n) is 4.71. The van der Waals surface area contributed by atoms with Crippen molar-refractivity contribution in [3.63, 3.8) is 0 Å². The molecule has 0 aliphatic heterocycles. The molecule has 1 aromatic carbocycles. The van der Waals surface area contributed by atoms with Crippen LogP contribution in [0.1, 0.15) is 35.2 Å². The van der Waals surface area contributed by atoms with E-state index in [-0.39, 0.29) is 18.0 Å². The van der Waals surface area contributed by atoms with Crippen LogP contribution in [0.25, 0.3) is 0 Å². The van der Waals surface area contributed by atoms with Crippen molar-refractivity contribution in [2.75, 3.05) is 13.1 Å². The van der Waals surface area contributed by atoms with Gasteiger partial charge in [-0.2, -0.15) is 0 Å². The Morgan fingerprint density at radius 3 is 2.84 bits per heavy atom. The Hall–Kier alpha value is -1.86. The minimum atomic E-state index is -0.489. The van der Waals surface area contributed by atoms with Crippen LogP contribution in [-0.2, 0) is 0 Å². The topological polar surface area (TPSA) is 55.1 Å². The second kappa shape index (κ2) is 6.35. The molecule has 0 saturated heterocycles. The first kappa shape index (κ1) is 13.6.